The Bertz CT molecular complexity index is 572. The molecule has 6 heteroatoms. The minimum atomic E-state index is -0.638. The summed E-state index contributed by atoms with van der Waals surface area (Å²) in [5.41, 5.74) is 4.24. The minimum Gasteiger partial charge on any atom is -0.317 e. The van der Waals surface area contributed by atoms with Gasteiger partial charge in [-0.05, 0) is 24.1 Å². The van der Waals surface area contributed by atoms with Crippen LogP contribution in [-0.2, 0) is 15.0 Å². The van der Waals surface area contributed by atoms with Crippen LogP contribution in [0.5, 0.6) is 0 Å². The SMILES string of the molecule is CN1CCN(NC(=O)C(=O)Nc2ccccc2C(C)(C)C)CC1. The Balaban J connectivity index is 1.98. The van der Waals surface area contributed by atoms with E-state index < -0.39 is 11.8 Å². The first-order chi connectivity index (χ1) is 10.8. The highest BCUT2D eigenvalue weighted by Gasteiger charge is 2.23. The fraction of sp³-hybridized carbons (Fsp3) is 0.529. The lowest BCUT2D eigenvalue weighted by Gasteiger charge is -2.32. The van der Waals surface area contributed by atoms with Gasteiger partial charge in [0.25, 0.3) is 0 Å². The average molecular weight is 318 g/mol. The van der Waals surface area contributed by atoms with Gasteiger partial charge in [0.2, 0.25) is 0 Å². The third-order valence-corrected chi connectivity index (χ3v) is 3.95. The van der Waals surface area contributed by atoms with Gasteiger partial charge in [0.05, 0.1) is 0 Å². The summed E-state index contributed by atoms with van der Waals surface area (Å²) in [6, 6.07) is 7.57. The number of nitrogens with one attached hydrogen (secondary N) is 2. The zero-order valence-corrected chi connectivity index (χ0v) is 14.3. The van der Waals surface area contributed by atoms with E-state index in [1.807, 2.05) is 31.3 Å². The van der Waals surface area contributed by atoms with Crippen LogP contribution in [0.15, 0.2) is 24.3 Å². The molecule has 0 saturated carbocycles. The van der Waals surface area contributed by atoms with Gasteiger partial charge in [0, 0.05) is 31.9 Å². The molecule has 0 atom stereocenters. The summed E-state index contributed by atoms with van der Waals surface area (Å²) in [6.45, 7) is 9.39. The number of hydrazine groups is 1. The molecule has 1 aliphatic heterocycles. The number of carbonyl (C=O) groups excluding carboxylic acids is 2. The Morgan fingerprint density at radius 2 is 1.61 bits per heavy atom. The number of rotatable bonds is 2. The zero-order chi connectivity index (χ0) is 17.0. The smallest absolute Gasteiger partial charge is 0.317 e. The molecule has 6 nitrogen and oxygen atoms in total. The number of piperazine rings is 1. The number of hydrogen-bond donors (Lipinski definition) is 2. The molecule has 1 aromatic carbocycles. The normalized spacial score (nSPS) is 16.9. The van der Waals surface area contributed by atoms with E-state index in [0.717, 1.165) is 18.7 Å². The van der Waals surface area contributed by atoms with Crippen molar-refractivity contribution >= 4 is 17.5 Å². The van der Waals surface area contributed by atoms with Crippen LogP contribution < -0.4 is 10.7 Å². The van der Waals surface area contributed by atoms with Crippen molar-refractivity contribution in [1.82, 2.24) is 15.3 Å². The van der Waals surface area contributed by atoms with E-state index in [1.165, 1.54) is 0 Å². The lowest BCUT2D eigenvalue weighted by Crippen LogP contribution is -2.54. The highest BCUT2D eigenvalue weighted by molar-refractivity contribution is 6.39. The third-order valence-electron chi connectivity index (χ3n) is 3.95. The van der Waals surface area contributed by atoms with Gasteiger partial charge < -0.3 is 10.2 Å². The number of hydrogen-bond acceptors (Lipinski definition) is 4. The monoisotopic (exact) mass is 318 g/mol. The molecule has 126 valence electrons. The molecular weight excluding hydrogens is 292 g/mol. The maximum absolute atomic E-state index is 12.2. The van der Waals surface area contributed by atoms with Crippen LogP contribution in [0.25, 0.3) is 0 Å². The van der Waals surface area contributed by atoms with Crippen LogP contribution in [0, 0.1) is 0 Å². The summed E-state index contributed by atoms with van der Waals surface area (Å²) in [5.74, 6) is -1.26. The van der Waals surface area contributed by atoms with Crippen molar-refractivity contribution in [2.45, 2.75) is 26.2 Å². The third kappa shape index (κ3) is 4.77. The molecule has 1 aliphatic rings. The fourth-order valence-electron chi connectivity index (χ4n) is 2.54. The minimum absolute atomic E-state index is 0.113. The molecule has 0 spiro atoms. The van der Waals surface area contributed by atoms with Crippen LogP contribution in [0.3, 0.4) is 0 Å². The second-order valence-corrected chi connectivity index (χ2v) is 6.98. The van der Waals surface area contributed by atoms with Crippen molar-refractivity contribution in [2.24, 2.45) is 0 Å². The van der Waals surface area contributed by atoms with Crippen molar-refractivity contribution in [1.29, 1.82) is 0 Å². The van der Waals surface area contributed by atoms with Gasteiger partial charge in [0.1, 0.15) is 0 Å². The molecule has 0 radical (unpaired) electrons. The standard InChI is InChI=1S/C17H26N4O2/c1-17(2,3)13-7-5-6-8-14(13)18-15(22)16(23)19-21-11-9-20(4)10-12-21/h5-8H,9-12H2,1-4H3,(H,18,22)(H,19,23). The molecule has 1 fully saturated rings. The number of nitrogens with zero attached hydrogens (tertiary/aromatic N) is 2. The topological polar surface area (TPSA) is 64.7 Å². The molecule has 2 amide bonds. The summed E-state index contributed by atoms with van der Waals surface area (Å²) in [7, 11) is 2.04. The predicted molar refractivity (Wildman–Crippen MR) is 91.0 cm³/mol. The lowest BCUT2D eigenvalue weighted by atomic mass is 9.86. The molecule has 0 aliphatic carbocycles. The van der Waals surface area contributed by atoms with E-state index in [1.54, 1.807) is 5.01 Å². The van der Waals surface area contributed by atoms with E-state index in [0.29, 0.717) is 18.8 Å². The van der Waals surface area contributed by atoms with Gasteiger partial charge in [-0.1, -0.05) is 39.0 Å². The molecule has 2 N–H and O–H groups in total. The maximum atomic E-state index is 12.2. The van der Waals surface area contributed by atoms with E-state index in [4.69, 9.17) is 0 Å². The molecule has 1 aromatic rings. The Kier molecular flexibility index (Phi) is 5.38. The van der Waals surface area contributed by atoms with Crippen LogP contribution in [0.2, 0.25) is 0 Å². The first kappa shape index (κ1) is 17.4. The Morgan fingerprint density at radius 3 is 2.22 bits per heavy atom. The van der Waals surface area contributed by atoms with Gasteiger partial charge >= 0.3 is 11.8 Å². The first-order valence-electron chi connectivity index (χ1n) is 7.92. The highest BCUT2D eigenvalue weighted by atomic mass is 16.2. The predicted octanol–water partition coefficient (Wildman–Crippen LogP) is 1.20. The molecule has 1 heterocycles. The van der Waals surface area contributed by atoms with E-state index >= 15 is 0 Å². The van der Waals surface area contributed by atoms with E-state index in [9.17, 15) is 9.59 Å². The number of amides is 2. The highest BCUT2D eigenvalue weighted by Crippen LogP contribution is 2.29. The van der Waals surface area contributed by atoms with Crippen molar-refractivity contribution in [2.75, 3.05) is 38.5 Å². The summed E-state index contributed by atoms with van der Waals surface area (Å²) in [5, 5.41) is 4.52. The number of likely N-dealkylation sites (N-methyl/N-ethyl adjacent to an activating group) is 1. The van der Waals surface area contributed by atoms with Gasteiger partial charge in [-0.25, -0.2) is 5.01 Å². The van der Waals surface area contributed by atoms with Crippen LogP contribution in [0.1, 0.15) is 26.3 Å². The summed E-state index contributed by atoms with van der Waals surface area (Å²) < 4.78 is 0. The molecule has 0 bridgehead atoms. The Morgan fingerprint density at radius 1 is 1.00 bits per heavy atom. The lowest BCUT2D eigenvalue weighted by molar-refractivity contribution is -0.139. The van der Waals surface area contributed by atoms with Gasteiger partial charge in [-0.2, -0.15) is 0 Å². The second-order valence-electron chi connectivity index (χ2n) is 6.98. The average Bonchev–Trinajstić information content (AvgIpc) is 2.49. The Labute approximate surface area is 137 Å². The second kappa shape index (κ2) is 7.10. The number of carbonyl (C=O) groups is 2. The van der Waals surface area contributed by atoms with E-state index in [2.05, 4.69) is 36.4 Å². The molecule has 0 unspecified atom stereocenters. The molecular formula is C17H26N4O2. The van der Waals surface area contributed by atoms with Crippen LogP contribution in [-0.4, -0.2) is 54.9 Å². The van der Waals surface area contributed by atoms with Crippen molar-refractivity contribution in [3.05, 3.63) is 29.8 Å². The number of para-hydroxylation sites is 1. The fourth-order valence-corrected chi connectivity index (χ4v) is 2.54. The molecule has 0 aromatic heterocycles. The molecule has 2 rings (SSSR count). The number of benzene rings is 1. The van der Waals surface area contributed by atoms with Gasteiger partial charge in [-0.3, -0.25) is 15.0 Å². The Hall–Kier alpha value is -1.92. The van der Waals surface area contributed by atoms with Crippen molar-refractivity contribution in [3.63, 3.8) is 0 Å². The van der Waals surface area contributed by atoms with Crippen molar-refractivity contribution in [3.8, 4) is 0 Å². The first-order valence-corrected chi connectivity index (χ1v) is 7.92. The number of anilines is 1. The molecule has 23 heavy (non-hydrogen) atoms. The van der Waals surface area contributed by atoms with Crippen LogP contribution in [0.4, 0.5) is 5.69 Å². The summed E-state index contributed by atoms with van der Waals surface area (Å²) in [6.07, 6.45) is 0. The molecule has 1 saturated heterocycles. The van der Waals surface area contributed by atoms with Gasteiger partial charge in [0.15, 0.2) is 0 Å². The zero-order valence-electron chi connectivity index (χ0n) is 14.3. The van der Waals surface area contributed by atoms with Crippen LogP contribution >= 0.6 is 0 Å². The van der Waals surface area contributed by atoms with Gasteiger partial charge in [-0.15, -0.1) is 0 Å². The summed E-state index contributed by atoms with van der Waals surface area (Å²) >= 11 is 0. The van der Waals surface area contributed by atoms with E-state index in [-0.39, 0.29) is 5.41 Å². The maximum Gasteiger partial charge on any atom is 0.323 e. The largest absolute Gasteiger partial charge is 0.323 e. The quantitative estimate of drug-likeness (QED) is 0.804. The van der Waals surface area contributed by atoms with Crippen molar-refractivity contribution < 1.29 is 9.59 Å². The summed E-state index contributed by atoms with van der Waals surface area (Å²) in [4.78, 5) is 26.4.